The fourth-order valence-electron chi connectivity index (χ4n) is 2.77. The maximum atomic E-state index is 12.8. The van der Waals surface area contributed by atoms with E-state index < -0.39 is 6.04 Å². The van der Waals surface area contributed by atoms with E-state index in [2.05, 4.69) is 10.6 Å². The Balaban J connectivity index is 2.05. The third kappa shape index (κ3) is 6.78. The van der Waals surface area contributed by atoms with Crippen LogP contribution in [0.3, 0.4) is 0 Å². The molecule has 2 rings (SSSR count). The zero-order chi connectivity index (χ0) is 22.1. The molecule has 0 radical (unpaired) electrons. The average Bonchev–Trinajstić information content (AvgIpc) is 2.74. The Labute approximate surface area is 186 Å². The van der Waals surface area contributed by atoms with Crippen molar-refractivity contribution in [1.29, 1.82) is 0 Å². The molecule has 0 saturated heterocycles. The smallest absolute Gasteiger partial charge is 0.253 e. The van der Waals surface area contributed by atoms with Gasteiger partial charge in [0.1, 0.15) is 6.04 Å². The van der Waals surface area contributed by atoms with Crippen molar-refractivity contribution in [1.82, 2.24) is 15.5 Å². The number of hydrogen-bond donors (Lipinski definition) is 2. The summed E-state index contributed by atoms with van der Waals surface area (Å²) < 4.78 is 0. The van der Waals surface area contributed by atoms with Crippen LogP contribution in [0.5, 0.6) is 0 Å². The van der Waals surface area contributed by atoms with Crippen LogP contribution in [0.4, 0.5) is 0 Å². The van der Waals surface area contributed by atoms with Crippen LogP contribution in [0.15, 0.2) is 48.5 Å². The summed E-state index contributed by atoms with van der Waals surface area (Å²) in [7, 11) is 3.38. The van der Waals surface area contributed by atoms with Crippen LogP contribution in [0.1, 0.15) is 32.7 Å². The van der Waals surface area contributed by atoms with Gasteiger partial charge in [-0.15, -0.1) is 0 Å². The predicted molar refractivity (Wildman–Crippen MR) is 122 cm³/mol. The van der Waals surface area contributed by atoms with E-state index in [1.807, 2.05) is 12.3 Å². The minimum atomic E-state index is -0.687. The highest BCUT2D eigenvalue weighted by Crippen LogP contribution is 2.15. The van der Waals surface area contributed by atoms with Crippen molar-refractivity contribution >= 4 is 41.1 Å². The van der Waals surface area contributed by atoms with Gasteiger partial charge in [-0.05, 0) is 48.3 Å². The minimum Gasteiger partial charge on any atom is -0.350 e. The van der Waals surface area contributed by atoms with Crippen LogP contribution in [0.25, 0.3) is 0 Å². The van der Waals surface area contributed by atoms with Gasteiger partial charge in [0.2, 0.25) is 5.91 Å². The van der Waals surface area contributed by atoms with E-state index >= 15 is 0 Å². The number of nitrogens with zero attached hydrogens (tertiary/aromatic N) is 1. The SMILES string of the molecule is CSCCC(NC(=O)c1ccccc1Cl)C(=O)NCc1cccc(C(=O)N(C)C)c1. The van der Waals surface area contributed by atoms with Crippen molar-refractivity contribution in [2.75, 3.05) is 26.1 Å². The summed E-state index contributed by atoms with van der Waals surface area (Å²) in [6.07, 6.45) is 2.43. The number of thioether (sulfide) groups is 1. The van der Waals surface area contributed by atoms with Crippen molar-refractivity contribution in [3.63, 3.8) is 0 Å². The topological polar surface area (TPSA) is 78.5 Å². The molecular formula is C22H26ClN3O3S. The summed E-state index contributed by atoms with van der Waals surface area (Å²) in [5.41, 5.74) is 1.69. The van der Waals surface area contributed by atoms with Crippen molar-refractivity contribution in [3.05, 3.63) is 70.2 Å². The Kier molecular flexibility index (Phi) is 9.20. The molecular weight excluding hydrogens is 422 g/mol. The quantitative estimate of drug-likeness (QED) is 0.618. The van der Waals surface area contributed by atoms with Gasteiger partial charge < -0.3 is 15.5 Å². The van der Waals surface area contributed by atoms with Crippen molar-refractivity contribution in [2.24, 2.45) is 0 Å². The third-order valence-electron chi connectivity index (χ3n) is 4.40. The summed E-state index contributed by atoms with van der Waals surface area (Å²) in [4.78, 5) is 39.0. The molecule has 0 aliphatic heterocycles. The highest BCUT2D eigenvalue weighted by atomic mass is 35.5. The molecule has 8 heteroatoms. The van der Waals surface area contributed by atoms with Gasteiger partial charge in [-0.1, -0.05) is 35.9 Å². The van der Waals surface area contributed by atoms with Gasteiger partial charge in [-0.25, -0.2) is 0 Å². The summed E-state index contributed by atoms with van der Waals surface area (Å²) in [6, 6.07) is 13.1. The Bertz CT molecular complexity index is 905. The highest BCUT2D eigenvalue weighted by molar-refractivity contribution is 7.98. The van der Waals surface area contributed by atoms with Crippen LogP contribution in [0.2, 0.25) is 5.02 Å². The lowest BCUT2D eigenvalue weighted by Crippen LogP contribution is -2.47. The summed E-state index contributed by atoms with van der Waals surface area (Å²) in [5.74, 6) is -0.0597. The minimum absolute atomic E-state index is 0.104. The molecule has 0 aliphatic carbocycles. The van der Waals surface area contributed by atoms with Crippen LogP contribution in [0, 0.1) is 0 Å². The molecule has 0 fully saturated rings. The van der Waals surface area contributed by atoms with E-state index in [1.54, 1.807) is 68.3 Å². The van der Waals surface area contributed by atoms with Gasteiger partial charge in [0.05, 0.1) is 10.6 Å². The van der Waals surface area contributed by atoms with Gasteiger partial charge in [0.25, 0.3) is 11.8 Å². The molecule has 2 aromatic carbocycles. The molecule has 0 spiro atoms. The Hall–Kier alpha value is -2.51. The Morgan fingerprint density at radius 2 is 1.83 bits per heavy atom. The Morgan fingerprint density at radius 3 is 2.50 bits per heavy atom. The zero-order valence-electron chi connectivity index (χ0n) is 17.3. The lowest BCUT2D eigenvalue weighted by atomic mass is 10.1. The Morgan fingerprint density at radius 1 is 1.10 bits per heavy atom. The maximum Gasteiger partial charge on any atom is 0.253 e. The molecule has 0 heterocycles. The van der Waals surface area contributed by atoms with Gasteiger partial charge in [0, 0.05) is 26.2 Å². The predicted octanol–water partition coefficient (Wildman–Crippen LogP) is 3.21. The van der Waals surface area contributed by atoms with E-state index in [-0.39, 0.29) is 24.3 Å². The maximum absolute atomic E-state index is 12.8. The number of carbonyl (C=O) groups excluding carboxylic acids is 3. The van der Waals surface area contributed by atoms with Crippen LogP contribution >= 0.6 is 23.4 Å². The monoisotopic (exact) mass is 447 g/mol. The van der Waals surface area contributed by atoms with E-state index in [1.165, 1.54) is 4.90 Å². The highest BCUT2D eigenvalue weighted by Gasteiger charge is 2.22. The first-order valence-electron chi connectivity index (χ1n) is 9.46. The lowest BCUT2D eigenvalue weighted by molar-refractivity contribution is -0.123. The van der Waals surface area contributed by atoms with Gasteiger partial charge in [-0.3, -0.25) is 14.4 Å². The zero-order valence-corrected chi connectivity index (χ0v) is 18.8. The fraction of sp³-hybridized carbons (Fsp3) is 0.318. The first-order valence-corrected chi connectivity index (χ1v) is 11.2. The number of rotatable bonds is 9. The molecule has 0 aliphatic rings. The van der Waals surface area contributed by atoms with Gasteiger partial charge >= 0.3 is 0 Å². The van der Waals surface area contributed by atoms with Crippen LogP contribution < -0.4 is 10.6 Å². The number of nitrogens with one attached hydrogen (secondary N) is 2. The molecule has 0 saturated carbocycles. The van der Waals surface area contributed by atoms with E-state index in [4.69, 9.17) is 11.6 Å². The number of benzene rings is 2. The van der Waals surface area contributed by atoms with Crippen LogP contribution in [-0.2, 0) is 11.3 Å². The van der Waals surface area contributed by atoms with E-state index in [0.29, 0.717) is 28.3 Å². The van der Waals surface area contributed by atoms with Gasteiger partial charge in [0.15, 0.2) is 0 Å². The number of hydrogen-bond acceptors (Lipinski definition) is 4. The standard InChI is InChI=1S/C22H26ClN3O3S/c1-26(2)22(29)16-8-6-7-15(13-16)14-24-21(28)19(11-12-30-3)25-20(27)17-9-4-5-10-18(17)23/h4-10,13,19H,11-12,14H2,1-3H3,(H,24,28)(H,25,27). The summed E-state index contributed by atoms with van der Waals surface area (Å²) in [6.45, 7) is 0.255. The van der Waals surface area contributed by atoms with E-state index in [0.717, 1.165) is 5.56 Å². The molecule has 2 aromatic rings. The molecule has 1 atom stereocenters. The molecule has 30 heavy (non-hydrogen) atoms. The van der Waals surface area contributed by atoms with E-state index in [9.17, 15) is 14.4 Å². The first kappa shape index (κ1) is 23.8. The third-order valence-corrected chi connectivity index (χ3v) is 5.37. The molecule has 0 bridgehead atoms. The number of amides is 3. The molecule has 6 nitrogen and oxygen atoms in total. The molecule has 2 N–H and O–H groups in total. The summed E-state index contributed by atoms with van der Waals surface area (Å²) in [5, 5.41) is 5.97. The normalized spacial score (nSPS) is 11.5. The second-order valence-electron chi connectivity index (χ2n) is 6.91. The van der Waals surface area contributed by atoms with Gasteiger partial charge in [-0.2, -0.15) is 11.8 Å². The first-order chi connectivity index (χ1) is 14.3. The second-order valence-corrected chi connectivity index (χ2v) is 8.30. The molecule has 160 valence electrons. The molecule has 1 unspecified atom stereocenters. The van der Waals surface area contributed by atoms with Crippen molar-refractivity contribution in [2.45, 2.75) is 19.0 Å². The molecule has 3 amide bonds. The largest absolute Gasteiger partial charge is 0.350 e. The lowest BCUT2D eigenvalue weighted by Gasteiger charge is -2.19. The molecule has 0 aromatic heterocycles. The fourth-order valence-corrected chi connectivity index (χ4v) is 3.46. The number of halogens is 1. The van der Waals surface area contributed by atoms with Crippen LogP contribution in [-0.4, -0.2) is 54.8 Å². The second kappa shape index (κ2) is 11.6. The van der Waals surface area contributed by atoms with Crippen molar-refractivity contribution < 1.29 is 14.4 Å². The number of carbonyl (C=O) groups is 3. The average molecular weight is 448 g/mol. The summed E-state index contributed by atoms with van der Waals surface area (Å²) >= 11 is 7.69. The van der Waals surface area contributed by atoms with Crippen molar-refractivity contribution in [3.8, 4) is 0 Å².